The zero-order chi connectivity index (χ0) is 15.7. The second kappa shape index (κ2) is 4.69. The Morgan fingerprint density at radius 2 is 1.77 bits per heavy atom. The summed E-state index contributed by atoms with van der Waals surface area (Å²) >= 11 is 0. The van der Waals surface area contributed by atoms with Crippen molar-refractivity contribution in [3.8, 4) is 0 Å². The summed E-state index contributed by atoms with van der Waals surface area (Å²) in [4.78, 5) is 12.4. The van der Waals surface area contributed by atoms with E-state index in [1.165, 1.54) is 18.4 Å². The van der Waals surface area contributed by atoms with E-state index >= 15 is 0 Å². The van der Waals surface area contributed by atoms with Gasteiger partial charge < -0.3 is 5.11 Å². The molecule has 0 saturated heterocycles. The Balaban J connectivity index is 1.75. The van der Waals surface area contributed by atoms with Crippen molar-refractivity contribution < 1.29 is 9.90 Å². The van der Waals surface area contributed by atoms with E-state index in [4.69, 9.17) is 0 Å². The first kappa shape index (κ1) is 14.9. The van der Waals surface area contributed by atoms with Crippen molar-refractivity contribution in [1.82, 2.24) is 0 Å². The van der Waals surface area contributed by atoms with Crippen LogP contribution in [-0.2, 0) is 4.79 Å². The fraction of sp³-hybridized carbons (Fsp3) is 0.850. The first-order chi connectivity index (χ1) is 10.4. The number of ketones is 1. The Labute approximate surface area is 134 Å². The SMILES string of the molecule is C[C@H]1CC[C@@]2(C)C(=C[C@@H](O)C3C2CC[C@]2(C)C(=O)CCC32)C1. The number of rotatable bonds is 0. The topological polar surface area (TPSA) is 37.3 Å². The molecule has 3 unspecified atom stereocenters. The van der Waals surface area contributed by atoms with Gasteiger partial charge in [-0.15, -0.1) is 0 Å². The molecule has 0 spiro atoms. The van der Waals surface area contributed by atoms with Crippen LogP contribution < -0.4 is 0 Å². The largest absolute Gasteiger partial charge is 0.389 e. The highest BCUT2D eigenvalue weighted by Crippen LogP contribution is 2.64. The van der Waals surface area contributed by atoms with Gasteiger partial charge in [-0.25, -0.2) is 0 Å². The van der Waals surface area contributed by atoms with Crippen LogP contribution >= 0.6 is 0 Å². The lowest BCUT2D eigenvalue weighted by atomic mass is 9.47. The Morgan fingerprint density at radius 1 is 1.09 bits per heavy atom. The van der Waals surface area contributed by atoms with Crippen molar-refractivity contribution in [1.29, 1.82) is 0 Å². The number of allylic oxidation sites excluding steroid dienone is 1. The molecule has 0 aromatic carbocycles. The molecule has 3 saturated carbocycles. The summed E-state index contributed by atoms with van der Waals surface area (Å²) in [6.45, 7) is 6.97. The molecule has 4 aliphatic rings. The molecule has 0 heterocycles. The Kier molecular flexibility index (Phi) is 3.18. The first-order valence-corrected chi connectivity index (χ1v) is 9.29. The summed E-state index contributed by atoms with van der Waals surface area (Å²) in [6, 6.07) is 0. The molecule has 0 aromatic heterocycles. The minimum Gasteiger partial charge on any atom is -0.389 e. The van der Waals surface area contributed by atoms with Crippen molar-refractivity contribution in [3.05, 3.63) is 11.6 Å². The third-order valence-corrected chi connectivity index (χ3v) is 8.08. The van der Waals surface area contributed by atoms with Gasteiger partial charge in [0.25, 0.3) is 0 Å². The maximum Gasteiger partial charge on any atom is 0.139 e. The van der Waals surface area contributed by atoms with Crippen LogP contribution in [0.5, 0.6) is 0 Å². The van der Waals surface area contributed by atoms with E-state index in [1.807, 2.05) is 0 Å². The summed E-state index contributed by atoms with van der Waals surface area (Å²) in [7, 11) is 0. The fourth-order valence-electron chi connectivity index (χ4n) is 6.60. The molecule has 0 aliphatic heterocycles. The third kappa shape index (κ3) is 1.79. The summed E-state index contributed by atoms with van der Waals surface area (Å²) in [6.07, 6.45) is 9.53. The molecule has 0 bridgehead atoms. The van der Waals surface area contributed by atoms with Crippen LogP contribution in [0.4, 0.5) is 0 Å². The van der Waals surface area contributed by atoms with Gasteiger partial charge in [0.1, 0.15) is 5.78 Å². The van der Waals surface area contributed by atoms with E-state index in [1.54, 1.807) is 0 Å². The predicted octanol–water partition coefficient (Wildman–Crippen LogP) is 4.13. The average Bonchev–Trinajstić information content (AvgIpc) is 2.77. The quantitative estimate of drug-likeness (QED) is 0.683. The lowest BCUT2D eigenvalue weighted by molar-refractivity contribution is -0.135. The highest BCUT2D eigenvalue weighted by molar-refractivity contribution is 5.87. The van der Waals surface area contributed by atoms with Crippen LogP contribution in [0.1, 0.15) is 65.7 Å². The van der Waals surface area contributed by atoms with Gasteiger partial charge in [-0.2, -0.15) is 0 Å². The van der Waals surface area contributed by atoms with Crippen LogP contribution in [0.3, 0.4) is 0 Å². The second-order valence-electron chi connectivity index (χ2n) is 9.16. The van der Waals surface area contributed by atoms with Crippen molar-refractivity contribution in [2.75, 3.05) is 0 Å². The van der Waals surface area contributed by atoms with E-state index in [-0.39, 0.29) is 16.9 Å². The number of hydrogen-bond donors (Lipinski definition) is 1. The van der Waals surface area contributed by atoms with Crippen molar-refractivity contribution >= 4 is 5.78 Å². The summed E-state index contributed by atoms with van der Waals surface area (Å²) in [5.41, 5.74) is 1.66. The molecule has 0 aromatic rings. The predicted molar refractivity (Wildman–Crippen MR) is 87.3 cm³/mol. The molecular formula is C20H30O2. The van der Waals surface area contributed by atoms with E-state index in [9.17, 15) is 9.90 Å². The van der Waals surface area contributed by atoms with Gasteiger partial charge in [0.05, 0.1) is 6.10 Å². The molecule has 3 fully saturated rings. The smallest absolute Gasteiger partial charge is 0.139 e. The normalized spacial score (nSPS) is 54.3. The van der Waals surface area contributed by atoms with Crippen molar-refractivity contribution in [2.24, 2.45) is 34.5 Å². The monoisotopic (exact) mass is 302 g/mol. The molecule has 4 aliphatic carbocycles. The average molecular weight is 302 g/mol. The lowest BCUT2D eigenvalue weighted by Crippen LogP contribution is -2.54. The lowest BCUT2D eigenvalue weighted by Gasteiger charge is -2.58. The van der Waals surface area contributed by atoms with Gasteiger partial charge in [-0.05, 0) is 67.6 Å². The van der Waals surface area contributed by atoms with Gasteiger partial charge in [0.2, 0.25) is 0 Å². The number of carbonyl (C=O) groups is 1. The van der Waals surface area contributed by atoms with Crippen molar-refractivity contribution in [3.63, 3.8) is 0 Å². The van der Waals surface area contributed by atoms with E-state index in [2.05, 4.69) is 26.8 Å². The number of hydrogen-bond acceptors (Lipinski definition) is 2. The zero-order valence-corrected chi connectivity index (χ0v) is 14.3. The molecule has 2 nitrogen and oxygen atoms in total. The van der Waals surface area contributed by atoms with Gasteiger partial charge in [-0.3, -0.25) is 4.79 Å². The first-order valence-electron chi connectivity index (χ1n) is 9.29. The molecule has 1 N–H and O–H groups in total. The molecule has 2 heteroatoms. The van der Waals surface area contributed by atoms with Crippen LogP contribution in [-0.4, -0.2) is 17.0 Å². The Hall–Kier alpha value is -0.630. The van der Waals surface area contributed by atoms with Crippen LogP contribution in [0.2, 0.25) is 0 Å². The molecular weight excluding hydrogens is 272 g/mol. The van der Waals surface area contributed by atoms with E-state index in [0.717, 1.165) is 38.0 Å². The molecule has 0 radical (unpaired) electrons. The maximum absolute atomic E-state index is 12.4. The summed E-state index contributed by atoms with van der Waals surface area (Å²) < 4.78 is 0. The van der Waals surface area contributed by atoms with Gasteiger partial charge in [0.15, 0.2) is 0 Å². The Bertz CT molecular complexity index is 536. The fourth-order valence-corrected chi connectivity index (χ4v) is 6.60. The van der Waals surface area contributed by atoms with Crippen LogP contribution in [0, 0.1) is 34.5 Å². The van der Waals surface area contributed by atoms with Crippen molar-refractivity contribution in [2.45, 2.75) is 71.8 Å². The standard InChI is InChI=1S/C20H30O2/c1-12-6-8-19(2)13(10-12)11-16(21)18-14-4-5-17(22)20(14,3)9-7-15(18)19/h11-12,14-16,18,21H,4-10H2,1-3H3/t12-,14?,15?,16+,18?,19-,20-/m0/s1. The molecule has 122 valence electrons. The number of fused-ring (bicyclic) bond motifs is 5. The minimum atomic E-state index is -0.325. The summed E-state index contributed by atoms with van der Waals surface area (Å²) in [5.74, 6) is 2.51. The van der Waals surface area contributed by atoms with Gasteiger partial charge >= 0.3 is 0 Å². The summed E-state index contributed by atoms with van der Waals surface area (Å²) in [5, 5.41) is 10.9. The van der Waals surface area contributed by atoms with Gasteiger partial charge in [-0.1, -0.05) is 32.4 Å². The highest BCUT2D eigenvalue weighted by Gasteiger charge is 2.60. The van der Waals surface area contributed by atoms with Gasteiger partial charge in [0, 0.05) is 11.8 Å². The number of Topliss-reactive ketones (excluding diaryl/α,β-unsaturated/α-hetero) is 1. The van der Waals surface area contributed by atoms with E-state index in [0.29, 0.717) is 23.5 Å². The molecule has 4 rings (SSSR count). The minimum absolute atomic E-state index is 0.147. The third-order valence-electron chi connectivity index (χ3n) is 8.08. The second-order valence-corrected chi connectivity index (χ2v) is 9.16. The molecule has 7 atom stereocenters. The Morgan fingerprint density at radius 3 is 2.55 bits per heavy atom. The zero-order valence-electron chi connectivity index (χ0n) is 14.3. The highest BCUT2D eigenvalue weighted by atomic mass is 16.3. The number of aliphatic hydroxyl groups is 1. The molecule has 0 amide bonds. The van der Waals surface area contributed by atoms with E-state index < -0.39 is 0 Å². The maximum atomic E-state index is 12.4. The van der Waals surface area contributed by atoms with Crippen LogP contribution in [0.15, 0.2) is 11.6 Å². The molecule has 22 heavy (non-hydrogen) atoms. The number of aliphatic hydroxyl groups excluding tert-OH is 1. The number of carbonyl (C=O) groups excluding carboxylic acids is 1. The van der Waals surface area contributed by atoms with Crippen LogP contribution in [0.25, 0.3) is 0 Å².